The summed E-state index contributed by atoms with van der Waals surface area (Å²) in [6.45, 7) is 1.51. The van der Waals surface area contributed by atoms with Crippen LogP contribution in [0, 0.1) is 0 Å². The lowest BCUT2D eigenvalue weighted by molar-refractivity contribution is 0.101. The van der Waals surface area contributed by atoms with Crippen molar-refractivity contribution in [3.63, 3.8) is 0 Å². The number of anilines is 1. The van der Waals surface area contributed by atoms with Gasteiger partial charge in [-0.15, -0.1) is 0 Å². The van der Waals surface area contributed by atoms with Gasteiger partial charge in [0.1, 0.15) is 0 Å². The van der Waals surface area contributed by atoms with Gasteiger partial charge in [0.2, 0.25) is 0 Å². The number of Topliss-reactive ketones (excluding diaryl/α,β-unsaturated/α-hetero) is 1. The van der Waals surface area contributed by atoms with Crippen LogP contribution in [0.4, 0.5) is 5.69 Å². The molecule has 0 radical (unpaired) electrons. The fourth-order valence-corrected chi connectivity index (χ4v) is 3.00. The van der Waals surface area contributed by atoms with Gasteiger partial charge in [0.05, 0.1) is 22.5 Å². The van der Waals surface area contributed by atoms with Gasteiger partial charge in [-0.1, -0.05) is 24.3 Å². The predicted octanol–water partition coefficient (Wildman–Crippen LogP) is 4.75. The monoisotopic (exact) mass is 367 g/mol. The van der Waals surface area contributed by atoms with Gasteiger partial charge < -0.3 is 5.32 Å². The van der Waals surface area contributed by atoms with Crippen molar-refractivity contribution >= 4 is 28.3 Å². The third kappa shape index (κ3) is 3.50. The molecule has 2 aromatic carbocycles. The maximum Gasteiger partial charge on any atom is 0.256 e. The number of aromatic nitrogens is 2. The second-order valence-electron chi connectivity index (χ2n) is 6.37. The van der Waals surface area contributed by atoms with Gasteiger partial charge >= 0.3 is 0 Å². The van der Waals surface area contributed by atoms with Crippen molar-refractivity contribution < 1.29 is 9.59 Å². The maximum absolute atomic E-state index is 13.0. The van der Waals surface area contributed by atoms with Gasteiger partial charge in [0.15, 0.2) is 5.78 Å². The molecule has 0 aliphatic rings. The number of fused-ring (bicyclic) bond motifs is 1. The summed E-state index contributed by atoms with van der Waals surface area (Å²) < 4.78 is 0. The molecule has 4 aromatic rings. The number of para-hydroxylation sites is 1. The molecular weight excluding hydrogens is 350 g/mol. The second-order valence-corrected chi connectivity index (χ2v) is 6.37. The number of hydrogen-bond donors (Lipinski definition) is 1. The van der Waals surface area contributed by atoms with Crippen molar-refractivity contribution in [3.05, 3.63) is 90.1 Å². The summed E-state index contributed by atoms with van der Waals surface area (Å²) in [6, 6.07) is 21.7. The molecule has 1 amide bonds. The summed E-state index contributed by atoms with van der Waals surface area (Å²) in [4.78, 5) is 33.4. The summed E-state index contributed by atoms with van der Waals surface area (Å²) in [6.07, 6.45) is 1.70. The van der Waals surface area contributed by atoms with E-state index in [9.17, 15) is 9.59 Å². The third-order valence-corrected chi connectivity index (χ3v) is 4.44. The first-order valence-electron chi connectivity index (χ1n) is 8.85. The summed E-state index contributed by atoms with van der Waals surface area (Å²) in [5, 5.41) is 3.66. The molecule has 2 heterocycles. The van der Waals surface area contributed by atoms with Crippen LogP contribution in [0.5, 0.6) is 0 Å². The number of ketones is 1. The maximum atomic E-state index is 13.0. The topological polar surface area (TPSA) is 72.0 Å². The fraction of sp³-hybridized carbons (Fsp3) is 0.0435. The summed E-state index contributed by atoms with van der Waals surface area (Å²) >= 11 is 0. The summed E-state index contributed by atoms with van der Waals surface area (Å²) in [5.74, 6) is -0.260. The number of nitrogens with one attached hydrogen (secondary N) is 1. The van der Waals surface area contributed by atoms with Crippen LogP contribution in [0.1, 0.15) is 27.6 Å². The molecule has 5 heteroatoms. The van der Waals surface area contributed by atoms with E-state index in [4.69, 9.17) is 0 Å². The van der Waals surface area contributed by atoms with Crippen molar-refractivity contribution in [1.82, 2.24) is 9.97 Å². The number of carbonyl (C=O) groups excluding carboxylic acids is 2. The normalized spacial score (nSPS) is 10.6. The highest BCUT2D eigenvalue weighted by molar-refractivity contribution is 6.13. The minimum Gasteiger partial charge on any atom is -0.322 e. The van der Waals surface area contributed by atoms with E-state index in [0.29, 0.717) is 28.2 Å². The SMILES string of the molecule is CC(=O)c1ccc(NC(=O)c2cc(-c3ccccn3)nc3ccccc23)cc1. The Morgan fingerprint density at radius 2 is 1.61 bits per heavy atom. The molecule has 0 atom stereocenters. The predicted molar refractivity (Wildman–Crippen MR) is 109 cm³/mol. The molecule has 0 fully saturated rings. The van der Waals surface area contributed by atoms with E-state index in [1.165, 1.54) is 6.92 Å². The van der Waals surface area contributed by atoms with Gasteiger partial charge in [-0.2, -0.15) is 0 Å². The molecule has 1 N–H and O–H groups in total. The molecule has 0 spiro atoms. The van der Waals surface area contributed by atoms with E-state index in [-0.39, 0.29) is 11.7 Å². The van der Waals surface area contributed by atoms with Crippen molar-refractivity contribution in [1.29, 1.82) is 0 Å². The van der Waals surface area contributed by atoms with Gasteiger partial charge in [-0.3, -0.25) is 14.6 Å². The lowest BCUT2D eigenvalue weighted by Gasteiger charge is -2.10. The third-order valence-electron chi connectivity index (χ3n) is 4.44. The quantitative estimate of drug-likeness (QED) is 0.528. The largest absolute Gasteiger partial charge is 0.322 e. The molecule has 0 unspecified atom stereocenters. The summed E-state index contributed by atoms with van der Waals surface area (Å²) in [5.41, 5.74) is 3.80. The molecule has 5 nitrogen and oxygen atoms in total. The van der Waals surface area contributed by atoms with Gasteiger partial charge in [-0.25, -0.2) is 4.98 Å². The Labute approximate surface area is 162 Å². The van der Waals surface area contributed by atoms with Crippen LogP contribution in [-0.4, -0.2) is 21.7 Å². The first-order valence-corrected chi connectivity index (χ1v) is 8.85. The zero-order chi connectivity index (χ0) is 19.5. The molecule has 0 bridgehead atoms. The van der Waals surface area contributed by atoms with Crippen LogP contribution < -0.4 is 5.32 Å². The summed E-state index contributed by atoms with van der Waals surface area (Å²) in [7, 11) is 0. The van der Waals surface area contributed by atoms with Crippen molar-refractivity contribution in [2.24, 2.45) is 0 Å². The Morgan fingerprint density at radius 3 is 2.32 bits per heavy atom. The highest BCUT2D eigenvalue weighted by atomic mass is 16.1. The number of amides is 1. The second kappa shape index (κ2) is 7.40. The fourth-order valence-electron chi connectivity index (χ4n) is 3.00. The highest BCUT2D eigenvalue weighted by Gasteiger charge is 2.14. The molecule has 0 aliphatic heterocycles. The number of pyridine rings is 2. The highest BCUT2D eigenvalue weighted by Crippen LogP contribution is 2.24. The Hall–Kier alpha value is -3.86. The van der Waals surface area contributed by atoms with Gasteiger partial charge in [-0.05, 0) is 55.5 Å². The van der Waals surface area contributed by atoms with Crippen molar-refractivity contribution in [2.45, 2.75) is 6.92 Å². The van der Waals surface area contributed by atoms with Crippen molar-refractivity contribution in [2.75, 3.05) is 5.32 Å². The molecule has 0 saturated heterocycles. The Bertz CT molecular complexity index is 1170. The zero-order valence-corrected chi connectivity index (χ0v) is 15.2. The standard InChI is InChI=1S/C23H17N3O2/c1-15(27)16-9-11-17(12-10-16)25-23(28)19-14-22(21-8-4-5-13-24-21)26-20-7-3-2-6-18(19)20/h2-14H,1H3,(H,25,28). The van der Waals surface area contributed by atoms with Gasteiger partial charge in [0.25, 0.3) is 5.91 Å². The van der Waals surface area contributed by atoms with E-state index in [0.717, 1.165) is 10.9 Å². The number of hydrogen-bond acceptors (Lipinski definition) is 4. The zero-order valence-electron chi connectivity index (χ0n) is 15.2. The molecule has 4 rings (SSSR count). The average molecular weight is 367 g/mol. The van der Waals surface area contributed by atoms with E-state index in [1.807, 2.05) is 42.5 Å². The number of benzene rings is 2. The number of rotatable bonds is 4. The minimum absolute atomic E-state index is 0.0157. The lowest BCUT2D eigenvalue weighted by Crippen LogP contribution is -2.13. The number of carbonyl (C=O) groups is 2. The van der Waals surface area contributed by atoms with E-state index >= 15 is 0 Å². The molecule has 28 heavy (non-hydrogen) atoms. The van der Waals surface area contributed by atoms with Crippen LogP contribution in [0.3, 0.4) is 0 Å². The van der Waals surface area contributed by atoms with Crippen LogP contribution >= 0.6 is 0 Å². The number of nitrogens with zero attached hydrogens (tertiary/aromatic N) is 2. The smallest absolute Gasteiger partial charge is 0.256 e. The van der Waals surface area contributed by atoms with E-state index < -0.39 is 0 Å². The van der Waals surface area contributed by atoms with Crippen LogP contribution in [0.25, 0.3) is 22.3 Å². The molecule has 0 aliphatic carbocycles. The molecular formula is C23H17N3O2. The Morgan fingerprint density at radius 1 is 0.857 bits per heavy atom. The minimum atomic E-state index is -0.244. The van der Waals surface area contributed by atoms with E-state index in [2.05, 4.69) is 15.3 Å². The van der Waals surface area contributed by atoms with Crippen LogP contribution in [0.15, 0.2) is 79.0 Å². The van der Waals surface area contributed by atoms with Crippen LogP contribution in [-0.2, 0) is 0 Å². The molecule has 136 valence electrons. The van der Waals surface area contributed by atoms with E-state index in [1.54, 1.807) is 36.5 Å². The Kier molecular flexibility index (Phi) is 4.64. The first-order chi connectivity index (χ1) is 13.6. The van der Waals surface area contributed by atoms with Crippen LogP contribution in [0.2, 0.25) is 0 Å². The average Bonchev–Trinajstić information content (AvgIpc) is 2.74. The Balaban J connectivity index is 1.74. The van der Waals surface area contributed by atoms with Crippen molar-refractivity contribution in [3.8, 4) is 11.4 Å². The molecule has 2 aromatic heterocycles. The van der Waals surface area contributed by atoms with Gasteiger partial charge in [0, 0.05) is 22.8 Å². The lowest BCUT2D eigenvalue weighted by atomic mass is 10.1. The molecule has 0 saturated carbocycles. The first kappa shape index (κ1) is 17.5.